The van der Waals surface area contributed by atoms with Gasteiger partial charge in [-0.15, -0.1) is 0 Å². The lowest BCUT2D eigenvalue weighted by Crippen LogP contribution is -2.11. The van der Waals surface area contributed by atoms with Crippen molar-refractivity contribution in [2.75, 3.05) is 9.80 Å². The highest BCUT2D eigenvalue weighted by molar-refractivity contribution is 6.22. The molecule has 0 aliphatic carbocycles. The van der Waals surface area contributed by atoms with E-state index in [2.05, 4.69) is 216 Å². The van der Waals surface area contributed by atoms with Crippen LogP contribution >= 0.6 is 0 Å². The molecule has 0 fully saturated rings. The molecular formula is C50H34N2. The molecule has 0 aromatic heterocycles. The molecule has 0 unspecified atom stereocenters. The highest BCUT2D eigenvalue weighted by atomic mass is 15.1. The summed E-state index contributed by atoms with van der Waals surface area (Å²) in [6.07, 6.45) is 0. The molecular weight excluding hydrogens is 629 g/mol. The van der Waals surface area contributed by atoms with E-state index in [4.69, 9.17) is 0 Å². The fourth-order valence-electron chi connectivity index (χ4n) is 8.00. The lowest BCUT2D eigenvalue weighted by Gasteiger charge is -2.29. The second kappa shape index (κ2) is 12.5. The third kappa shape index (κ3) is 4.96. The first-order valence-electron chi connectivity index (χ1n) is 17.9. The molecule has 10 aromatic carbocycles. The predicted molar refractivity (Wildman–Crippen MR) is 223 cm³/mol. The van der Waals surface area contributed by atoms with Crippen molar-refractivity contribution < 1.29 is 0 Å². The van der Waals surface area contributed by atoms with Gasteiger partial charge in [0.15, 0.2) is 0 Å². The molecule has 0 heterocycles. The highest BCUT2D eigenvalue weighted by Crippen LogP contribution is 2.46. The molecule has 2 heteroatoms. The average Bonchev–Trinajstić information content (AvgIpc) is 3.22. The van der Waals surface area contributed by atoms with Crippen LogP contribution in [0.15, 0.2) is 206 Å². The Bertz CT molecular complexity index is 2900. The van der Waals surface area contributed by atoms with E-state index in [-0.39, 0.29) is 0 Å². The van der Waals surface area contributed by atoms with Crippen molar-refractivity contribution in [1.82, 2.24) is 0 Å². The van der Waals surface area contributed by atoms with Crippen molar-refractivity contribution >= 4 is 88.0 Å². The van der Waals surface area contributed by atoms with E-state index in [0.29, 0.717) is 0 Å². The maximum Gasteiger partial charge on any atom is 0.0546 e. The van der Waals surface area contributed by atoms with Crippen LogP contribution in [0.4, 0.5) is 34.1 Å². The first-order chi connectivity index (χ1) is 25.8. The van der Waals surface area contributed by atoms with Crippen molar-refractivity contribution in [3.63, 3.8) is 0 Å². The molecule has 0 spiro atoms. The minimum Gasteiger partial charge on any atom is -0.310 e. The number of para-hydroxylation sites is 2. The largest absolute Gasteiger partial charge is 0.310 e. The summed E-state index contributed by atoms with van der Waals surface area (Å²) in [5, 5.41) is 12.2. The van der Waals surface area contributed by atoms with Crippen LogP contribution in [0, 0.1) is 0 Å². The summed E-state index contributed by atoms with van der Waals surface area (Å²) < 4.78 is 0. The fraction of sp³-hybridized carbons (Fsp3) is 0. The Labute approximate surface area is 303 Å². The molecule has 0 aliphatic rings. The normalized spacial score (nSPS) is 11.5. The topological polar surface area (TPSA) is 6.48 Å². The number of hydrogen-bond donors (Lipinski definition) is 0. The van der Waals surface area contributed by atoms with Crippen LogP contribution in [0.2, 0.25) is 0 Å². The summed E-state index contributed by atoms with van der Waals surface area (Å²) in [7, 11) is 0. The van der Waals surface area contributed by atoms with Gasteiger partial charge in [0.05, 0.1) is 17.1 Å². The molecule has 0 radical (unpaired) electrons. The van der Waals surface area contributed by atoms with Crippen LogP contribution in [0.25, 0.3) is 53.9 Å². The zero-order valence-electron chi connectivity index (χ0n) is 28.5. The van der Waals surface area contributed by atoms with Gasteiger partial charge < -0.3 is 9.80 Å². The zero-order valence-corrected chi connectivity index (χ0v) is 28.5. The van der Waals surface area contributed by atoms with Crippen LogP contribution < -0.4 is 9.80 Å². The molecule has 0 atom stereocenters. The minimum absolute atomic E-state index is 1.12. The van der Waals surface area contributed by atoms with Crippen LogP contribution in [0.3, 0.4) is 0 Å². The second-order valence-corrected chi connectivity index (χ2v) is 13.3. The lowest BCUT2D eigenvalue weighted by atomic mass is 9.94. The molecule has 0 aliphatic heterocycles. The van der Waals surface area contributed by atoms with Gasteiger partial charge in [-0.3, -0.25) is 0 Å². The smallest absolute Gasteiger partial charge is 0.0546 e. The quantitative estimate of drug-likeness (QED) is 0.164. The molecule has 0 saturated carbocycles. The van der Waals surface area contributed by atoms with E-state index in [0.717, 1.165) is 34.1 Å². The molecule has 0 N–H and O–H groups in total. The van der Waals surface area contributed by atoms with Crippen LogP contribution in [-0.2, 0) is 0 Å². The first kappa shape index (κ1) is 30.0. The van der Waals surface area contributed by atoms with Crippen molar-refractivity contribution in [1.29, 1.82) is 0 Å². The Hall–Kier alpha value is -6.90. The molecule has 52 heavy (non-hydrogen) atoms. The standard InChI is InChI=1S/C50H34N2/c1-3-19-38(20-4-1)51(48-27-13-17-35-15-7-9-23-41(35)48)40-31-29-37-30-32-44-43-25-11-12-26-45(43)50(34-47(44)46(37)33-40)52(39-21-5-2-6-22-39)49-28-14-18-36-16-8-10-24-42(36)49/h1-34H. The Morgan fingerprint density at radius 3 is 1.33 bits per heavy atom. The number of nitrogens with zero attached hydrogens (tertiary/aromatic N) is 2. The summed E-state index contributed by atoms with van der Waals surface area (Å²) in [4.78, 5) is 4.84. The molecule has 10 aromatic rings. The number of fused-ring (bicyclic) bond motifs is 7. The van der Waals surface area contributed by atoms with Crippen molar-refractivity contribution in [2.24, 2.45) is 0 Å². The number of benzene rings is 10. The highest BCUT2D eigenvalue weighted by Gasteiger charge is 2.21. The number of rotatable bonds is 6. The Kier molecular flexibility index (Phi) is 7.18. The maximum absolute atomic E-state index is 2.44. The van der Waals surface area contributed by atoms with Gasteiger partial charge in [-0.05, 0) is 92.3 Å². The summed E-state index contributed by atoms with van der Waals surface area (Å²) in [5.41, 5.74) is 6.82. The third-order valence-electron chi connectivity index (χ3n) is 10.4. The van der Waals surface area contributed by atoms with Crippen molar-refractivity contribution in [3.8, 4) is 0 Å². The minimum atomic E-state index is 1.12. The van der Waals surface area contributed by atoms with Gasteiger partial charge in [-0.2, -0.15) is 0 Å². The van der Waals surface area contributed by atoms with Gasteiger partial charge in [0.1, 0.15) is 0 Å². The monoisotopic (exact) mass is 662 g/mol. The average molecular weight is 663 g/mol. The molecule has 2 nitrogen and oxygen atoms in total. The van der Waals surface area contributed by atoms with Gasteiger partial charge in [-0.25, -0.2) is 0 Å². The van der Waals surface area contributed by atoms with Gasteiger partial charge in [0.2, 0.25) is 0 Å². The van der Waals surface area contributed by atoms with Gasteiger partial charge in [-0.1, -0.05) is 152 Å². The maximum atomic E-state index is 2.44. The van der Waals surface area contributed by atoms with E-state index in [1.165, 1.54) is 53.9 Å². The summed E-state index contributed by atoms with van der Waals surface area (Å²) in [6, 6.07) is 74.8. The van der Waals surface area contributed by atoms with Crippen molar-refractivity contribution in [2.45, 2.75) is 0 Å². The van der Waals surface area contributed by atoms with Crippen molar-refractivity contribution in [3.05, 3.63) is 206 Å². The number of hydrogen-bond acceptors (Lipinski definition) is 2. The molecule has 0 bridgehead atoms. The predicted octanol–water partition coefficient (Wildman–Crippen LogP) is 14.4. The SMILES string of the molecule is c1ccc(N(c2ccc3ccc4c5ccccc5c(N(c5ccccc5)c5cccc6ccccc56)cc4c3c2)c2cccc3ccccc23)cc1. The Morgan fingerprint density at radius 1 is 0.212 bits per heavy atom. The van der Waals surface area contributed by atoms with E-state index in [9.17, 15) is 0 Å². The zero-order chi connectivity index (χ0) is 34.4. The van der Waals surface area contributed by atoms with Crippen LogP contribution in [0.5, 0.6) is 0 Å². The molecule has 0 saturated heterocycles. The Balaban J connectivity index is 1.27. The number of anilines is 6. The summed E-state index contributed by atoms with van der Waals surface area (Å²) in [6.45, 7) is 0. The fourth-order valence-corrected chi connectivity index (χ4v) is 8.00. The first-order valence-corrected chi connectivity index (χ1v) is 17.9. The van der Waals surface area contributed by atoms with E-state index >= 15 is 0 Å². The van der Waals surface area contributed by atoms with Gasteiger partial charge >= 0.3 is 0 Å². The van der Waals surface area contributed by atoms with E-state index < -0.39 is 0 Å². The van der Waals surface area contributed by atoms with Gasteiger partial charge in [0.25, 0.3) is 0 Å². The summed E-state index contributed by atoms with van der Waals surface area (Å²) >= 11 is 0. The Morgan fingerprint density at radius 2 is 0.673 bits per heavy atom. The second-order valence-electron chi connectivity index (χ2n) is 13.3. The third-order valence-corrected chi connectivity index (χ3v) is 10.4. The van der Waals surface area contributed by atoms with E-state index in [1.807, 2.05) is 0 Å². The lowest BCUT2D eigenvalue weighted by molar-refractivity contribution is 1.30. The van der Waals surface area contributed by atoms with E-state index in [1.54, 1.807) is 0 Å². The van der Waals surface area contributed by atoms with Crippen LogP contribution in [-0.4, -0.2) is 0 Å². The van der Waals surface area contributed by atoms with Gasteiger partial charge in [0, 0.05) is 33.2 Å². The van der Waals surface area contributed by atoms with Crippen LogP contribution in [0.1, 0.15) is 0 Å². The summed E-state index contributed by atoms with van der Waals surface area (Å²) in [5.74, 6) is 0. The molecule has 244 valence electrons. The molecule has 0 amide bonds. The molecule has 10 rings (SSSR count).